The number of rotatable bonds is 4. The first-order valence-electron chi connectivity index (χ1n) is 13.1. The van der Waals surface area contributed by atoms with E-state index in [0.29, 0.717) is 0 Å². The van der Waals surface area contributed by atoms with Gasteiger partial charge in [0.05, 0.1) is 13.2 Å². The van der Waals surface area contributed by atoms with Crippen LogP contribution in [0.4, 0.5) is 11.4 Å². The number of fused-ring (bicyclic) bond motifs is 1. The van der Waals surface area contributed by atoms with Crippen molar-refractivity contribution in [2.75, 3.05) is 69.3 Å². The predicted molar refractivity (Wildman–Crippen MR) is 148 cm³/mol. The number of nitrogens with one attached hydrogen (secondary N) is 1. The highest BCUT2D eigenvalue weighted by molar-refractivity contribution is 7.79. The molecule has 3 N–H and O–H groups in total. The second-order valence-corrected chi connectivity index (χ2v) is 11.1. The quantitative estimate of drug-likeness (QED) is 0.496. The Labute approximate surface area is 225 Å². The first-order chi connectivity index (χ1) is 18.1. The van der Waals surface area contributed by atoms with E-state index in [4.69, 9.17) is 22.3 Å². The number of anilines is 2. The number of nitrogens with zero attached hydrogens (tertiary/aromatic N) is 3. The molecular formula is C27H38N4O6S. The van der Waals surface area contributed by atoms with Crippen molar-refractivity contribution in [3.8, 4) is 0 Å². The van der Waals surface area contributed by atoms with Gasteiger partial charge in [0.15, 0.2) is 0 Å². The van der Waals surface area contributed by atoms with Crippen LogP contribution in [0.25, 0.3) is 0 Å². The summed E-state index contributed by atoms with van der Waals surface area (Å²) in [4.78, 5) is 20.3. The standard InChI is InChI=1S/C27H36N4O2.H2O4S/c1-20-3-10-26(31-13-11-29(2)12-14-31)25-19-22(6-9-24(20)25)28-27(32)21-4-7-23(8-5-21)30-15-17-33-18-16-30;1-5(2,3)4/h3-5,7-8,10,22H,6,9,11-19H2,1-2H3,(H,28,32);(H2,1,2,3,4)/t22-;/m1./s1. The summed E-state index contributed by atoms with van der Waals surface area (Å²) < 4.78 is 37.0. The molecule has 208 valence electrons. The molecule has 2 aliphatic heterocycles. The van der Waals surface area contributed by atoms with Crippen molar-refractivity contribution in [1.29, 1.82) is 0 Å². The van der Waals surface area contributed by atoms with Crippen molar-refractivity contribution < 1.29 is 27.1 Å². The van der Waals surface area contributed by atoms with Crippen LogP contribution in [0.1, 0.15) is 33.5 Å². The van der Waals surface area contributed by atoms with Gasteiger partial charge in [-0.2, -0.15) is 8.42 Å². The molecule has 3 aliphatic rings. The van der Waals surface area contributed by atoms with Gasteiger partial charge in [-0.3, -0.25) is 13.9 Å². The molecule has 11 heteroatoms. The second kappa shape index (κ2) is 12.4. The van der Waals surface area contributed by atoms with Crippen molar-refractivity contribution in [3.63, 3.8) is 0 Å². The Morgan fingerprint density at radius 2 is 1.55 bits per heavy atom. The molecule has 0 unspecified atom stereocenters. The first kappa shape index (κ1) is 28.3. The van der Waals surface area contributed by atoms with E-state index in [2.05, 4.69) is 58.3 Å². The highest BCUT2D eigenvalue weighted by Crippen LogP contribution is 2.33. The number of aryl methyl sites for hydroxylation is 1. The van der Waals surface area contributed by atoms with Gasteiger partial charge in [0.2, 0.25) is 0 Å². The monoisotopic (exact) mass is 546 g/mol. The summed E-state index contributed by atoms with van der Waals surface area (Å²) in [6, 6.07) is 12.8. The molecular weight excluding hydrogens is 508 g/mol. The summed E-state index contributed by atoms with van der Waals surface area (Å²) in [7, 11) is -2.47. The van der Waals surface area contributed by atoms with Crippen LogP contribution >= 0.6 is 0 Å². The first-order valence-corrected chi connectivity index (χ1v) is 14.5. The van der Waals surface area contributed by atoms with E-state index in [0.717, 1.165) is 83.0 Å². The lowest BCUT2D eigenvalue weighted by molar-refractivity contribution is 0.0933. The zero-order valence-electron chi connectivity index (χ0n) is 22.1. The molecule has 0 bridgehead atoms. The van der Waals surface area contributed by atoms with Crippen molar-refractivity contribution in [2.45, 2.75) is 32.2 Å². The lowest BCUT2D eigenvalue weighted by Crippen LogP contribution is -2.45. The number of hydrogen-bond acceptors (Lipinski definition) is 7. The maximum Gasteiger partial charge on any atom is 0.394 e. The Hall–Kier alpha value is -2.70. The lowest BCUT2D eigenvalue weighted by Gasteiger charge is -2.37. The molecule has 2 heterocycles. The summed E-state index contributed by atoms with van der Waals surface area (Å²) in [6.45, 7) is 9.90. The van der Waals surface area contributed by atoms with Crippen LogP contribution in [0.2, 0.25) is 0 Å². The van der Waals surface area contributed by atoms with Gasteiger partial charge in [0.25, 0.3) is 5.91 Å². The molecule has 0 saturated carbocycles. The van der Waals surface area contributed by atoms with Crippen LogP contribution in [0.5, 0.6) is 0 Å². The third kappa shape index (κ3) is 7.67. The normalized spacial score (nSPS) is 20.3. The number of likely N-dealkylation sites (N-methyl/N-ethyl adjacent to an activating group) is 1. The molecule has 0 spiro atoms. The molecule has 1 aliphatic carbocycles. The van der Waals surface area contributed by atoms with Gasteiger partial charge < -0.3 is 24.8 Å². The second-order valence-electron chi connectivity index (χ2n) is 10.2. The summed E-state index contributed by atoms with van der Waals surface area (Å²) in [5, 5.41) is 3.33. The van der Waals surface area contributed by atoms with Gasteiger partial charge in [-0.05, 0) is 80.3 Å². The summed E-state index contributed by atoms with van der Waals surface area (Å²) in [5.74, 6) is 0.0331. The van der Waals surface area contributed by atoms with Crippen LogP contribution in [-0.2, 0) is 28.0 Å². The molecule has 2 saturated heterocycles. The van der Waals surface area contributed by atoms with Crippen LogP contribution in [0.3, 0.4) is 0 Å². The predicted octanol–water partition coefficient (Wildman–Crippen LogP) is 2.22. The third-order valence-electron chi connectivity index (χ3n) is 7.52. The molecule has 2 fully saturated rings. The number of piperazine rings is 1. The number of benzene rings is 2. The van der Waals surface area contributed by atoms with Crippen LogP contribution in [0.15, 0.2) is 36.4 Å². The molecule has 1 atom stereocenters. The van der Waals surface area contributed by atoms with Crippen LogP contribution < -0.4 is 15.1 Å². The highest BCUT2D eigenvalue weighted by Gasteiger charge is 2.27. The smallest absolute Gasteiger partial charge is 0.378 e. The van der Waals surface area contributed by atoms with E-state index < -0.39 is 10.4 Å². The topological polar surface area (TPSA) is 123 Å². The lowest BCUT2D eigenvalue weighted by atomic mass is 9.84. The number of ether oxygens (including phenoxy) is 1. The minimum atomic E-state index is -4.67. The Kier molecular flexibility index (Phi) is 9.27. The fourth-order valence-corrected chi connectivity index (χ4v) is 5.42. The molecule has 5 rings (SSSR count). The molecule has 0 radical (unpaired) electrons. The molecule has 2 aromatic rings. The fourth-order valence-electron chi connectivity index (χ4n) is 5.42. The van der Waals surface area contributed by atoms with E-state index >= 15 is 0 Å². The molecule has 10 nitrogen and oxygen atoms in total. The molecule has 0 aromatic heterocycles. The molecule has 2 aromatic carbocycles. The average molecular weight is 547 g/mol. The maximum atomic E-state index is 13.0. The van der Waals surface area contributed by atoms with Gasteiger partial charge >= 0.3 is 10.4 Å². The molecule has 38 heavy (non-hydrogen) atoms. The minimum absolute atomic E-state index is 0.0331. The summed E-state index contributed by atoms with van der Waals surface area (Å²) >= 11 is 0. The SMILES string of the molecule is Cc1ccc(N2CCN(C)CC2)c2c1CC[C@@H](NC(=O)c1ccc(N3CCOCC3)cc1)C2.O=S(=O)(O)O. The minimum Gasteiger partial charge on any atom is -0.378 e. The number of carbonyl (C=O) groups excluding carboxylic acids is 1. The largest absolute Gasteiger partial charge is 0.394 e. The Bertz CT molecular complexity index is 1200. The van der Waals surface area contributed by atoms with Gasteiger partial charge in [0, 0.05) is 62.2 Å². The summed E-state index contributed by atoms with van der Waals surface area (Å²) in [5.41, 5.74) is 7.59. The maximum absolute atomic E-state index is 13.0. The Morgan fingerprint density at radius 1 is 0.921 bits per heavy atom. The summed E-state index contributed by atoms with van der Waals surface area (Å²) in [6.07, 6.45) is 2.94. The van der Waals surface area contributed by atoms with Crippen LogP contribution in [-0.4, -0.2) is 93.9 Å². The van der Waals surface area contributed by atoms with Gasteiger partial charge in [-0.1, -0.05) is 6.07 Å². The van der Waals surface area contributed by atoms with Crippen LogP contribution in [0, 0.1) is 6.92 Å². The van der Waals surface area contributed by atoms with Crippen molar-refractivity contribution >= 4 is 27.7 Å². The van der Waals surface area contributed by atoms with E-state index in [-0.39, 0.29) is 11.9 Å². The number of morpholine rings is 1. The number of amides is 1. The zero-order valence-corrected chi connectivity index (χ0v) is 22.9. The zero-order chi connectivity index (χ0) is 27.3. The third-order valence-corrected chi connectivity index (χ3v) is 7.52. The van der Waals surface area contributed by atoms with Crippen molar-refractivity contribution in [3.05, 3.63) is 58.7 Å². The average Bonchev–Trinajstić information content (AvgIpc) is 2.89. The Morgan fingerprint density at radius 3 is 2.18 bits per heavy atom. The van der Waals surface area contributed by atoms with Crippen molar-refractivity contribution in [1.82, 2.24) is 10.2 Å². The van der Waals surface area contributed by atoms with E-state index in [1.807, 2.05) is 12.1 Å². The van der Waals surface area contributed by atoms with E-state index in [1.54, 1.807) is 0 Å². The fraction of sp³-hybridized carbons (Fsp3) is 0.519. The van der Waals surface area contributed by atoms with Gasteiger partial charge in [0.1, 0.15) is 0 Å². The molecule has 1 amide bonds. The Balaban J connectivity index is 0.000000617. The van der Waals surface area contributed by atoms with Gasteiger partial charge in [-0.15, -0.1) is 0 Å². The van der Waals surface area contributed by atoms with Gasteiger partial charge in [-0.25, -0.2) is 0 Å². The number of carbonyl (C=O) groups is 1. The highest BCUT2D eigenvalue weighted by atomic mass is 32.3. The van der Waals surface area contributed by atoms with Crippen molar-refractivity contribution in [2.24, 2.45) is 0 Å². The number of hydrogen-bond donors (Lipinski definition) is 3. The van der Waals surface area contributed by atoms with E-state index in [9.17, 15) is 4.79 Å². The van der Waals surface area contributed by atoms with E-state index in [1.165, 1.54) is 22.4 Å².